The highest BCUT2D eigenvalue weighted by Crippen LogP contribution is 2.34. The van der Waals surface area contributed by atoms with Gasteiger partial charge < -0.3 is 9.15 Å². The molecule has 0 saturated heterocycles. The fraction of sp³-hybridized carbons (Fsp3) is 0.222. The molecule has 0 radical (unpaired) electrons. The van der Waals surface area contributed by atoms with Gasteiger partial charge in [-0.1, -0.05) is 0 Å². The summed E-state index contributed by atoms with van der Waals surface area (Å²) in [5.74, 6) is 0.554. The number of aromatic nitrogens is 2. The maximum Gasteiger partial charge on any atom is 0.312 e. The van der Waals surface area contributed by atoms with Crippen LogP contribution in [-0.2, 0) is 10.0 Å². The van der Waals surface area contributed by atoms with Gasteiger partial charge in [0.2, 0.25) is 28.1 Å². The Labute approximate surface area is 166 Å². The quantitative estimate of drug-likeness (QED) is 0.474. The number of rotatable bonds is 6. The highest BCUT2D eigenvalue weighted by atomic mass is 32.2. The SMILES string of the molecule is CC(C)(C)NS(=O)(=O)c1ccc(Oc2ccc(-c3nnco3)cc2)c([N+](=O)[O-])c1. The van der Waals surface area contributed by atoms with Crippen LogP contribution in [0, 0.1) is 10.1 Å². The van der Waals surface area contributed by atoms with Crippen molar-refractivity contribution in [3.05, 3.63) is 59.0 Å². The van der Waals surface area contributed by atoms with E-state index in [1.165, 1.54) is 18.5 Å². The van der Waals surface area contributed by atoms with Gasteiger partial charge in [-0.2, -0.15) is 0 Å². The number of hydrogen-bond acceptors (Lipinski definition) is 8. The Hall–Kier alpha value is -3.31. The fourth-order valence-electron chi connectivity index (χ4n) is 2.45. The van der Waals surface area contributed by atoms with Crippen molar-refractivity contribution >= 4 is 15.7 Å². The van der Waals surface area contributed by atoms with Gasteiger partial charge in [0, 0.05) is 17.2 Å². The van der Waals surface area contributed by atoms with Crippen LogP contribution in [0.1, 0.15) is 20.8 Å². The molecule has 2 aromatic carbocycles. The molecule has 10 nitrogen and oxygen atoms in total. The molecule has 0 atom stereocenters. The summed E-state index contributed by atoms with van der Waals surface area (Å²) in [6, 6.07) is 9.94. The number of nitrogens with zero attached hydrogens (tertiary/aromatic N) is 3. The first kappa shape index (κ1) is 20.4. The van der Waals surface area contributed by atoms with Crippen LogP contribution in [0.3, 0.4) is 0 Å². The monoisotopic (exact) mass is 418 g/mol. The topological polar surface area (TPSA) is 137 Å². The smallest absolute Gasteiger partial charge is 0.312 e. The van der Waals surface area contributed by atoms with Crippen molar-refractivity contribution in [1.82, 2.24) is 14.9 Å². The minimum atomic E-state index is -3.93. The number of benzene rings is 2. The Balaban J connectivity index is 1.89. The molecular formula is C18H18N4O6S. The van der Waals surface area contributed by atoms with Crippen LogP contribution >= 0.6 is 0 Å². The number of ether oxygens (including phenoxy) is 1. The molecule has 29 heavy (non-hydrogen) atoms. The summed E-state index contributed by atoms with van der Waals surface area (Å²) in [6.45, 7) is 5.03. The predicted octanol–water partition coefficient (Wildman–Crippen LogP) is 3.51. The minimum Gasteiger partial charge on any atom is -0.450 e. The zero-order valence-corrected chi connectivity index (χ0v) is 16.6. The third kappa shape index (κ3) is 4.95. The first-order valence-electron chi connectivity index (χ1n) is 8.42. The van der Waals surface area contributed by atoms with Crippen LogP contribution in [-0.4, -0.2) is 29.1 Å². The molecule has 1 aromatic heterocycles. The van der Waals surface area contributed by atoms with Crippen molar-refractivity contribution < 1.29 is 22.5 Å². The van der Waals surface area contributed by atoms with E-state index in [1.807, 2.05) is 0 Å². The van der Waals surface area contributed by atoms with E-state index in [0.29, 0.717) is 17.2 Å². The zero-order valence-electron chi connectivity index (χ0n) is 15.8. The maximum absolute atomic E-state index is 12.4. The maximum atomic E-state index is 12.4. The number of nitrogens with one attached hydrogen (secondary N) is 1. The molecule has 152 valence electrons. The fourth-order valence-corrected chi connectivity index (χ4v) is 3.88. The van der Waals surface area contributed by atoms with Crippen molar-refractivity contribution in [3.63, 3.8) is 0 Å². The van der Waals surface area contributed by atoms with Crippen molar-refractivity contribution in [1.29, 1.82) is 0 Å². The van der Waals surface area contributed by atoms with Gasteiger partial charge in [0.05, 0.1) is 9.82 Å². The molecule has 3 rings (SSSR count). The summed E-state index contributed by atoms with van der Waals surface area (Å²) < 4.78 is 38.0. The molecule has 1 heterocycles. The Kier molecular flexibility index (Phi) is 5.36. The lowest BCUT2D eigenvalue weighted by Gasteiger charge is -2.20. The second-order valence-electron chi connectivity index (χ2n) is 7.11. The average Bonchev–Trinajstić information content (AvgIpc) is 3.15. The highest BCUT2D eigenvalue weighted by Gasteiger charge is 2.26. The summed E-state index contributed by atoms with van der Waals surface area (Å²) in [7, 11) is -3.93. The second kappa shape index (κ2) is 7.60. The number of nitro benzene ring substituents is 1. The van der Waals surface area contributed by atoms with E-state index in [4.69, 9.17) is 9.15 Å². The van der Waals surface area contributed by atoms with Gasteiger partial charge in [0.1, 0.15) is 5.75 Å². The lowest BCUT2D eigenvalue weighted by atomic mass is 10.1. The Morgan fingerprint density at radius 1 is 1.14 bits per heavy atom. The molecule has 1 N–H and O–H groups in total. The molecule has 0 amide bonds. The van der Waals surface area contributed by atoms with E-state index in [1.54, 1.807) is 45.0 Å². The van der Waals surface area contributed by atoms with Gasteiger partial charge in [-0.25, -0.2) is 13.1 Å². The second-order valence-corrected chi connectivity index (χ2v) is 8.79. The van der Waals surface area contributed by atoms with E-state index in [2.05, 4.69) is 14.9 Å². The lowest BCUT2D eigenvalue weighted by Crippen LogP contribution is -2.40. The predicted molar refractivity (Wildman–Crippen MR) is 103 cm³/mol. The van der Waals surface area contributed by atoms with E-state index < -0.39 is 26.2 Å². The molecule has 0 unspecified atom stereocenters. The van der Waals surface area contributed by atoms with Crippen molar-refractivity contribution in [2.45, 2.75) is 31.2 Å². The summed E-state index contributed by atoms with van der Waals surface area (Å²) >= 11 is 0. The number of nitro groups is 1. The largest absolute Gasteiger partial charge is 0.450 e. The van der Waals surface area contributed by atoms with E-state index in [-0.39, 0.29) is 10.6 Å². The summed E-state index contributed by atoms with van der Waals surface area (Å²) in [4.78, 5) is 10.5. The van der Waals surface area contributed by atoms with Gasteiger partial charge >= 0.3 is 5.69 Å². The van der Waals surface area contributed by atoms with Crippen LogP contribution in [0.5, 0.6) is 11.5 Å². The zero-order chi connectivity index (χ0) is 21.2. The molecule has 0 aliphatic rings. The Morgan fingerprint density at radius 3 is 2.38 bits per heavy atom. The molecule has 0 spiro atoms. The van der Waals surface area contributed by atoms with Crippen molar-refractivity contribution in [3.8, 4) is 23.0 Å². The van der Waals surface area contributed by atoms with Crippen LogP contribution in [0.2, 0.25) is 0 Å². The van der Waals surface area contributed by atoms with Crippen molar-refractivity contribution in [2.75, 3.05) is 0 Å². The summed E-state index contributed by atoms with van der Waals surface area (Å²) in [6.07, 6.45) is 1.20. The van der Waals surface area contributed by atoms with Crippen LogP contribution in [0.4, 0.5) is 5.69 Å². The molecule has 0 saturated carbocycles. The Bertz CT molecular complexity index is 1120. The van der Waals surface area contributed by atoms with Crippen LogP contribution < -0.4 is 9.46 Å². The summed E-state index contributed by atoms with van der Waals surface area (Å²) in [5.41, 5.74) is -0.551. The Morgan fingerprint density at radius 2 is 1.83 bits per heavy atom. The first-order chi connectivity index (χ1) is 13.5. The standard InChI is InChI=1S/C18H18N4O6S/c1-18(2,3)21-29(25,26)14-8-9-16(15(10-14)22(23)24)28-13-6-4-12(5-7-13)17-20-19-11-27-17/h4-11,21H,1-3H3. The average molecular weight is 418 g/mol. The molecule has 0 bridgehead atoms. The number of hydrogen-bond donors (Lipinski definition) is 1. The van der Waals surface area contributed by atoms with E-state index in [9.17, 15) is 18.5 Å². The molecular weight excluding hydrogens is 400 g/mol. The highest BCUT2D eigenvalue weighted by molar-refractivity contribution is 7.89. The third-order valence-corrected chi connectivity index (χ3v) is 5.32. The normalized spacial score (nSPS) is 12.0. The molecule has 11 heteroatoms. The first-order valence-corrected chi connectivity index (χ1v) is 9.90. The third-order valence-electron chi connectivity index (χ3n) is 3.57. The van der Waals surface area contributed by atoms with E-state index in [0.717, 1.165) is 6.07 Å². The van der Waals surface area contributed by atoms with Crippen molar-refractivity contribution in [2.24, 2.45) is 0 Å². The van der Waals surface area contributed by atoms with Crippen LogP contribution in [0.25, 0.3) is 11.5 Å². The number of sulfonamides is 1. The lowest BCUT2D eigenvalue weighted by molar-refractivity contribution is -0.385. The minimum absolute atomic E-state index is 0.0877. The van der Waals surface area contributed by atoms with Crippen LogP contribution in [0.15, 0.2) is 58.2 Å². The van der Waals surface area contributed by atoms with Gasteiger partial charge in [0.25, 0.3) is 0 Å². The summed E-state index contributed by atoms with van der Waals surface area (Å²) in [5, 5.41) is 18.8. The molecule has 0 fully saturated rings. The molecule has 3 aromatic rings. The van der Waals surface area contributed by atoms with Gasteiger partial charge in [-0.15, -0.1) is 10.2 Å². The van der Waals surface area contributed by atoms with E-state index >= 15 is 0 Å². The van der Waals surface area contributed by atoms with Gasteiger partial charge in [-0.05, 0) is 57.2 Å². The molecule has 0 aliphatic carbocycles. The molecule has 0 aliphatic heterocycles. The van der Waals surface area contributed by atoms with Gasteiger partial charge in [-0.3, -0.25) is 10.1 Å². The van der Waals surface area contributed by atoms with Gasteiger partial charge in [0.15, 0.2) is 0 Å².